The van der Waals surface area contributed by atoms with Gasteiger partial charge in [0, 0.05) is 22.5 Å². The van der Waals surface area contributed by atoms with E-state index in [1.54, 1.807) is 0 Å². The summed E-state index contributed by atoms with van der Waals surface area (Å²) < 4.78 is 0. The Kier molecular flexibility index (Phi) is 6.55. The molecule has 0 aromatic heterocycles. The third kappa shape index (κ3) is 4.70. The Hall–Kier alpha value is -5.92. The van der Waals surface area contributed by atoms with Gasteiger partial charge >= 0.3 is 0 Å². The van der Waals surface area contributed by atoms with Gasteiger partial charge in [-0.3, -0.25) is 0 Å². The average molecular weight is 614 g/mol. The molecule has 1 aliphatic rings. The van der Waals surface area contributed by atoms with E-state index in [0.29, 0.717) is 0 Å². The normalized spacial score (nSPS) is 13.0. The van der Waals surface area contributed by atoms with Crippen molar-refractivity contribution in [2.75, 3.05) is 4.90 Å². The van der Waals surface area contributed by atoms with Gasteiger partial charge in [0.05, 0.1) is 0 Å². The van der Waals surface area contributed by atoms with Crippen LogP contribution in [0.1, 0.15) is 25.0 Å². The third-order valence-electron chi connectivity index (χ3n) is 10.2. The molecule has 0 fully saturated rings. The van der Waals surface area contributed by atoms with Crippen molar-refractivity contribution < 1.29 is 0 Å². The molecule has 8 aromatic rings. The van der Waals surface area contributed by atoms with Crippen LogP contribution in [0.4, 0.5) is 17.1 Å². The van der Waals surface area contributed by atoms with Crippen molar-refractivity contribution in [1.82, 2.24) is 0 Å². The molecule has 0 radical (unpaired) electrons. The quantitative estimate of drug-likeness (QED) is 0.187. The molecule has 9 rings (SSSR count). The number of fused-ring (bicyclic) bond motifs is 5. The zero-order valence-corrected chi connectivity index (χ0v) is 27.2. The number of benzene rings is 8. The Bertz CT molecular complexity index is 2450. The lowest BCUT2D eigenvalue weighted by Gasteiger charge is -2.26. The summed E-state index contributed by atoms with van der Waals surface area (Å²) in [5.41, 5.74) is 13.8. The maximum absolute atomic E-state index is 2.41. The van der Waals surface area contributed by atoms with Crippen molar-refractivity contribution in [3.05, 3.63) is 187 Å². The van der Waals surface area contributed by atoms with E-state index in [-0.39, 0.29) is 5.41 Å². The van der Waals surface area contributed by atoms with Gasteiger partial charge < -0.3 is 4.90 Å². The minimum atomic E-state index is -0.0617. The van der Waals surface area contributed by atoms with Gasteiger partial charge in [-0.1, -0.05) is 129 Å². The molecule has 0 heterocycles. The summed E-state index contributed by atoms with van der Waals surface area (Å²) in [7, 11) is 0. The monoisotopic (exact) mass is 613 g/mol. The molecule has 0 unspecified atom stereocenters. The van der Waals surface area contributed by atoms with Gasteiger partial charge in [-0.15, -0.1) is 0 Å². The Balaban J connectivity index is 1.05. The van der Waals surface area contributed by atoms with Gasteiger partial charge in [0.25, 0.3) is 0 Å². The lowest BCUT2D eigenvalue weighted by molar-refractivity contribution is 0.661. The Labute approximate surface area is 282 Å². The number of nitrogens with zero attached hydrogens (tertiary/aromatic N) is 1. The van der Waals surface area contributed by atoms with Gasteiger partial charge in [0.2, 0.25) is 0 Å². The minimum Gasteiger partial charge on any atom is -0.311 e. The van der Waals surface area contributed by atoms with Crippen LogP contribution in [0.15, 0.2) is 176 Å². The number of rotatable bonds is 5. The maximum atomic E-state index is 2.41. The first-order valence-corrected chi connectivity index (χ1v) is 16.8. The zero-order valence-electron chi connectivity index (χ0n) is 27.2. The molecular weight excluding hydrogens is 579 g/mol. The second kappa shape index (κ2) is 11.1. The second-order valence-electron chi connectivity index (χ2n) is 13.5. The van der Waals surface area contributed by atoms with Crippen molar-refractivity contribution in [2.24, 2.45) is 0 Å². The molecule has 0 bridgehead atoms. The molecule has 8 aromatic carbocycles. The highest BCUT2D eigenvalue weighted by molar-refractivity contribution is 5.94. The molecule has 228 valence electrons. The molecule has 0 atom stereocenters. The topological polar surface area (TPSA) is 3.24 Å². The van der Waals surface area contributed by atoms with Crippen molar-refractivity contribution in [3.8, 4) is 33.4 Å². The predicted molar refractivity (Wildman–Crippen MR) is 205 cm³/mol. The first-order valence-electron chi connectivity index (χ1n) is 16.8. The average Bonchev–Trinajstić information content (AvgIpc) is 3.36. The molecule has 0 aliphatic heterocycles. The van der Waals surface area contributed by atoms with Crippen molar-refractivity contribution >= 4 is 38.6 Å². The summed E-state index contributed by atoms with van der Waals surface area (Å²) in [4.78, 5) is 2.33. The highest BCUT2D eigenvalue weighted by Gasteiger charge is 2.35. The summed E-state index contributed by atoms with van der Waals surface area (Å²) in [6.45, 7) is 4.73. The van der Waals surface area contributed by atoms with Crippen molar-refractivity contribution in [1.29, 1.82) is 0 Å². The first kappa shape index (κ1) is 28.3. The van der Waals surface area contributed by atoms with Crippen LogP contribution in [-0.2, 0) is 5.41 Å². The smallest absolute Gasteiger partial charge is 0.0462 e. The Morgan fingerprint density at radius 1 is 0.333 bits per heavy atom. The van der Waals surface area contributed by atoms with E-state index in [0.717, 1.165) is 17.1 Å². The molecule has 1 aliphatic carbocycles. The molecule has 48 heavy (non-hydrogen) atoms. The van der Waals surface area contributed by atoms with E-state index < -0.39 is 0 Å². The lowest BCUT2D eigenvalue weighted by atomic mass is 9.81. The third-order valence-corrected chi connectivity index (χ3v) is 10.2. The fraction of sp³-hybridized carbons (Fsp3) is 0.0638. The molecular formula is C47H35N. The molecule has 1 heteroatoms. The number of hydrogen-bond acceptors (Lipinski definition) is 1. The van der Waals surface area contributed by atoms with Crippen LogP contribution in [0, 0.1) is 0 Å². The second-order valence-corrected chi connectivity index (χ2v) is 13.5. The number of para-hydroxylation sites is 1. The van der Waals surface area contributed by atoms with Crippen LogP contribution < -0.4 is 4.90 Å². The Morgan fingerprint density at radius 2 is 0.792 bits per heavy atom. The van der Waals surface area contributed by atoms with E-state index in [2.05, 4.69) is 195 Å². The Morgan fingerprint density at radius 3 is 1.44 bits per heavy atom. The van der Waals surface area contributed by atoms with Gasteiger partial charge in [-0.2, -0.15) is 0 Å². The highest BCUT2D eigenvalue weighted by Crippen LogP contribution is 2.51. The molecule has 0 N–H and O–H groups in total. The number of hydrogen-bond donors (Lipinski definition) is 0. The largest absolute Gasteiger partial charge is 0.311 e. The summed E-state index contributed by atoms with van der Waals surface area (Å²) in [6, 6.07) is 64.3. The van der Waals surface area contributed by atoms with E-state index in [9.17, 15) is 0 Å². The molecule has 0 amide bonds. The van der Waals surface area contributed by atoms with Gasteiger partial charge in [-0.05, 0) is 127 Å². The van der Waals surface area contributed by atoms with E-state index in [1.165, 1.54) is 66.1 Å². The van der Waals surface area contributed by atoms with Gasteiger partial charge in [0.15, 0.2) is 0 Å². The van der Waals surface area contributed by atoms with E-state index in [1.807, 2.05) is 0 Å². The molecule has 0 saturated carbocycles. The zero-order chi connectivity index (χ0) is 32.2. The maximum Gasteiger partial charge on any atom is 0.0462 e. The summed E-state index contributed by atoms with van der Waals surface area (Å²) in [5.74, 6) is 0. The van der Waals surface area contributed by atoms with Gasteiger partial charge in [0.1, 0.15) is 0 Å². The van der Waals surface area contributed by atoms with Crippen LogP contribution >= 0.6 is 0 Å². The van der Waals surface area contributed by atoms with E-state index >= 15 is 0 Å². The summed E-state index contributed by atoms with van der Waals surface area (Å²) in [6.07, 6.45) is 0. The minimum absolute atomic E-state index is 0.0617. The molecule has 0 spiro atoms. The fourth-order valence-electron chi connectivity index (χ4n) is 7.60. The standard InChI is InChI=1S/C47H35N/c1-47(2)45-31-39(22-27-43(45)44-29-36-12-8-9-13-37(36)30-46(44)47)34-20-25-42(26-21-34)48(40-14-4-3-5-15-40)41-23-18-33(19-24-41)38-17-16-32-10-6-7-11-35(32)28-38/h3-31H,1-2H3. The van der Waals surface area contributed by atoms with Crippen molar-refractivity contribution in [3.63, 3.8) is 0 Å². The van der Waals surface area contributed by atoms with Crippen LogP contribution in [0.5, 0.6) is 0 Å². The van der Waals surface area contributed by atoms with Crippen LogP contribution in [0.2, 0.25) is 0 Å². The van der Waals surface area contributed by atoms with Gasteiger partial charge in [-0.25, -0.2) is 0 Å². The predicted octanol–water partition coefficient (Wildman–Crippen LogP) is 13.1. The SMILES string of the molecule is CC1(C)c2cc(-c3ccc(N(c4ccccc4)c4ccc(-c5ccc6ccccc6c5)cc4)cc3)ccc2-c2cc3ccccc3cc21. The fourth-order valence-corrected chi connectivity index (χ4v) is 7.60. The summed E-state index contributed by atoms with van der Waals surface area (Å²) >= 11 is 0. The van der Waals surface area contributed by atoms with E-state index in [4.69, 9.17) is 0 Å². The summed E-state index contributed by atoms with van der Waals surface area (Å²) in [5, 5.41) is 5.12. The highest BCUT2D eigenvalue weighted by atomic mass is 15.1. The van der Waals surface area contributed by atoms with Crippen molar-refractivity contribution in [2.45, 2.75) is 19.3 Å². The molecule has 0 saturated heterocycles. The van der Waals surface area contributed by atoms with Crippen LogP contribution in [-0.4, -0.2) is 0 Å². The first-order chi connectivity index (χ1) is 23.5. The van der Waals surface area contributed by atoms with Crippen LogP contribution in [0.3, 0.4) is 0 Å². The number of anilines is 3. The molecule has 1 nitrogen and oxygen atoms in total. The lowest BCUT2D eigenvalue weighted by Crippen LogP contribution is -2.15. The van der Waals surface area contributed by atoms with Crippen LogP contribution in [0.25, 0.3) is 54.9 Å².